The molecule has 0 aromatic heterocycles. The van der Waals surface area contributed by atoms with E-state index in [4.69, 9.17) is 21.0 Å². The van der Waals surface area contributed by atoms with Crippen molar-refractivity contribution in [2.45, 2.75) is 37.8 Å². The van der Waals surface area contributed by atoms with Crippen molar-refractivity contribution in [2.24, 2.45) is 22.4 Å². The minimum absolute atomic E-state index is 0.0406. The molecule has 0 spiro atoms. The fourth-order valence-corrected chi connectivity index (χ4v) is 3.09. The molecule has 33 heavy (non-hydrogen) atoms. The van der Waals surface area contributed by atoms with E-state index in [2.05, 4.69) is 21.1 Å². The predicted molar refractivity (Wildman–Crippen MR) is 119 cm³/mol. The molecule has 1 saturated carbocycles. The first-order chi connectivity index (χ1) is 15.8. The molecular formula is C21H28N6O6. The van der Waals surface area contributed by atoms with Crippen molar-refractivity contribution in [3.05, 3.63) is 35.9 Å². The summed E-state index contributed by atoms with van der Waals surface area (Å²) in [6.45, 7) is -0.0399. The number of nitrogens with one attached hydrogen (secondary N) is 3. The summed E-state index contributed by atoms with van der Waals surface area (Å²) in [4.78, 5) is 44.7. The number of carboxylic acids is 1. The number of nitrogens with zero attached hydrogens (tertiary/aromatic N) is 1. The van der Waals surface area contributed by atoms with Crippen LogP contribution in [-0.2, 0) is 19.2 Å². The van der Waals surface area contributed by atoms with Gasteiger partial charge in [0, 0.05) is 6.54 Å². The first-order valence-electron chi connectivity index (χ1n) is 10.6. The van der Waals surface area contributed by atoms with Crippen LogP contribution in [0.4, 0.5) is 10.5 Å². The van der Waals surface area contributed by atoms with Gasteiger partial charge in [-0.25, -0.2) is 14.6 Å². The number of amides is 2. The zero-order chi connectivity index (χ0) is 23.8. The van der Waals surface area contributed by atoms with Crippen molar-refractivity contribution in [1.29, 1.82) is 0 Å². The molecule has 0 saturated heterocycles. The summed E-state index contributed by atoms with van der Waals surface area (Å²) in [6.07, 6.45) is 3.36. The number of carbonyl (C=O) groups is 3. The van der Waals surface area contributed by atoms with Gasteiger partial charge < -0.3 is 31.9 Å². The van der Waals surface area contributed by atoms with Crippen LogP contribution in [0.3, 0.4) is 0 Å². The molecular weight excluding hydrogens is 432 g/mol. The summed E-state index contributed by atoms with van der Waals surface area (Å²) in [5, 5.41) is 14.0. The highest BCUT2D eigenvalue weighted by atomic mass is 16.7. The second-order valence-corrected chi connectivity index (χ2v) is 7.83. The number of rotatable bonds is 11. The summed E-state index contributed by atoms with van der Waals surface area (Å²) >= 11 is 0. The lowest BCUT2D eigenvalue weighted by atomic mass is 10.1. The number of aliphatic imine (C=N–C) groups is 1. The zero-order valence-electron chi connectivity index (χ0n) is 18.0. The lowest BCUT2D eigenvalue weighted by Crippen LogP contribution is -2.48. The minimum atomic E-state index is -1.31. The molecule has 1 heterocycles. The van der Waals surface area contributed by atoms with E-state index >= 15 is 0 Å². The SMILES string of the molecule is NC(N)=Nc1ccc(C2=CC(CC(=O)NCC(NC(=O)OCCC3CC3)C(=O)O)ON2)cc1. The van der Waals surface area contributed by atoms with Crippen LogP contribution in [-0.4, -0.2) is 54.3 Å². The normalized spacial score (nSPS) is 17.8. The minimum Gasteiger partial charge on any atom is -0.480 e. The van der Waals surface area contributed by atoms with Gasteiger partial charge in [-0.3, -0.25) is 15.1 Å². The Morgan fingerprint density at radius 3 is 2.61 bits per heavy atom. The van der Waals surface area contributed by atoms with Crippen molar-refractivity contribution < 1.29 is 29.1 Å². The molecule has 2 amide bonds. The van der Waals surface area contributed by atoms with Gasteiger partial charge in [-0.15, -0.1) is 0 Å². The zero-order valence-corrected chi connectivity index (χ0v) is 18.0. The van der Waals surface area contributed by atoms with Crippen LogP contribution in [0.25, 0.3) is 5.70 Å². The molecule has 1 aromatic carbocycles. The molecule has 178 valence electrons. The Morgan fingerprint density at radius 2 is 1.97 bits per heavy atom. The van der Waals surface area contributed by atoms with E-state index in [-0.39, 0.29) is 25.5 Å². The van der Waals surface area contributed by atoms with E-state index in [1.807, 2.05) is 0 Å². The Kier molecular flexibility index (Phi) is 8.08. The second kappa shape index (κ2) is 11.2. The molecule has 2 aliphatic rings. The van der Waals surface area contributed by atoms with Crippen LogP contribution in [0.2, 0.25) is 0 Å². The number of hydrogen-bond acceptors (Lipinski definition) is 7. The van der Waals surface area contributed by atoms with Gasteiger partial charge in [0.05, 0.1) is 24.4 Å². The van der Waals surface area contributed by atoms with Gasteiger partial charge in [-0.1, -0.05) is 25.0 Å². The van der Waals surface area contributed by atoms with Gasteiger partial charge in [0.2, 0.25) is 5.91 Å². The number of guanidine groups is 1. The van der Waals surface area contributed by atoms with Crippen LogP contribution in [0.15, 0.2) is 35.3 Å². The quantitative estimate of drug-likeness (QED) is 0.199. The Hall–Kier alpha value is -3.80. The highest BCUT2D eigenvalue weighted by Gasteiger charge is 2.25. The first kappa shape index (κ1) is 23.9. The number of ether oxygens (including phenoxy) is 1. The van der Waals surface area contributed by atoms with Crippen LogP contribution >= 0.6 is 0 Å². The molecule has 1 fully saturated rings. The van der Waals surface area contributed by atoms with Crippen molar-refractivity contribution in [2.75, 3.05) is 13.2 Å². The Balaban J connectivity index is 1.43. The third-order valence-corrected chi connectivity index (χ3v) is 5.05. The molecule has 3 rings (SSSR count). The fourth-order valence-electron chi connectivity index (χ4n) is 3.09. The lowest BCUT2D eigenvalue weighted by Gasteiger charge is -2.16. The maximum absolute atomic E-state index is 12.2. The van der Waals surface area contributed by atoms with Crippen LogP contribution in [0, 0.1) is 5.92 Å². The highest BCUT2D eigenvalue weighted by molar-refractivity contribution is 5.82. The number of nitrogens with two attached hydrogens (primary N) is 2. The van der Waals surface area contributed by atoms with E-state index in [9.17, 15) is 19.5 Å². The average Bonchev–Trinajstić information content (AvgIpc) is 3.47. The smallest absolute Gasteiger partial charge is 0.407 e. The third kappa shape index (κ3) is 8.00. The summed E-state index contributed by atoms with van der Waals surface area (Å²) in [5.41, 5.74) is 15.5. The third-order valence-electron chi connectivity index (χ3n) is 5.05. The van der Waals surface area contributed by atoms with Crippen LogP contribution < -0.4 is 27.6 Å². The van der Waals surface area contributed by atoms with Crippen molar-refractivity contribution in [3.63, 3.8) is 0 Å². The van der Waals surface area contributed by atoms with E-state index in [1.165, 1.54) is 0 Å². The number of carboxylic acid groups (broad SMARTS) is 1. The molecule has 1 aromatic rings. The van der Waals surface area contributed by atoms with Crippen molar-refractivity contribution in [1.82, 2.24) is 16.1 Å². The maximum atomic E-state index is 12.2. The molecule has 1 aliphatic heterocycles. The van der Waals surface area contributed by atoms with E-state index in [0.717, 1.165) is 24.8 Å². The standard InChI is InChI=1S/C21H28N6O6/c22-20(23)25-14-5-3-13(4-6-14)16-9-15(33-27-16)10-18(28)24-11-17(19(29)30)26-21(31)32-8-7-12-1-2-12/h3-6,9,12,15,17,27H,1-2,7-8,10-11H2,(H,24,28)(H,26,31)(H,29,30)(H4,22,23,25). The number of carbonyl (C=O) groups excluding carboxylic acids is 2. The van der Waals surface area contributed by atoms with E-state index < -0.39 is 30.1 Å². The first-order valence-corrected chi connectivity index (χ1v) is 10.6. The maximum Gasteiger partial charge on any atom is 0.407 e. The second-order valence-electron chi connectivity index (χ2n) is 7.83. The number of aliphatic carboxylic acids is 1. The Bertz CT molecular complexity index is 924. The van der Waals surface area contributed by atoms with Crippen LogP contribution in [0.5, 0.6) is 0 Å². The molecule has 2 atom stereocenters. The molecule has 2 unspecified atom stereocenters. The van der Waals surface area contributed by atoms with E-state index in [0.29, 0.717) is 17.3 Å². The van der Waals surface area contributed by atoms with Gasteiger partial charge >= 0.3 is 12.1 Å². The number of hydrogen-bond donors (Lipinski definition) is 6. The van der Waals surface area contributed by atoms with Crippen LogP contribution in [0.1, 0.15) is 31.2 Å². The number of benzene rings is 1. The molecule has 1 aliphatic carbocycles. The fraction of sp³-hybridized carbons (Fsp3) is 0.429. The predicted octanol–water partition coefficient (Wildman–Crippen LogP) is 0.322. The molecule has 0 radical (unpaired) electrons. The monoisotopic (exact) mass is 460 g/mol. The lowest BCUT2D eigenvalue weighted by molar-refractivity contribution is -0.139. The molecule has 12 heteroatoms. The van der Waals surface area contributed by atoms with E-state index in [1.54, 1.807) is 30.3 Å². The number of hydroxylamine groups is 1. The highest BCUT2D eigenvalue weighted by Crippen LogP contribution is 2.32. The van der Waals surface area contributed by atoms with Crippen molar-refractivity contribution >= 4 is 35.3 Å². The Morgan fingerprint density at radius 1 is 1.24 bits per heavy atom. The van der Waals surface area contributed by atoms with Gasteiger partial charge in [0.15, 0.2) is 5.96 Å². The van der Waals surface area contributed by atoms with Gasteiger partial charge in [0.25, 0.3) is 0 Å². The van der Waals surface area contributed by atoms with Gasteiger partial charge in [-0.2, -0.15) is 0 Å². The summed E-state index contributed by atoms with van der Waals surface area (Å²) in [7, 11) is 0. The van der Waals surface area contributed by atoms with Gasteiger partial charge in [0.1, 0.15) is 12.1 Å². The largest absolute Gasteiger partial charge is 0.480 e. The molecule has 12 nitrogen and oxygen atoms in total. The summed E-state index contributed by atoms with van der Waals surface area (Å²) in [5.74, 6) is -1.16. The topological polar surface area (TPSA) is 190 Å². The van der Waals surface area contributed by atoms with Gasteiger partial charge in [-0.05, 0) is 36.1 Å². The molecule has 8 N–H and O–H groups in total. The van der Waals surface area contributed by atoms with Crippen molar-refractivity contribution in [3.8, 4) is 0 Å². The molecule has 0 bridgehead atoms. The summed E-state index contributed by atoms with van der Waals surface area (Å²) in [6, 6.07) is 5.74. The number of alkyl carbamates (subject to hydrolysis) is 1. The summed E-state index contributed by atoms with van der Waals surface area (Å²) < 4.78 is 4.99. The Labute approximate surface area is 190 Å². The average molecular weight is 460 g/mol.